The normalized spacial score (nSPS) is 14.0. The molecule has 4 atom stereocenters. The van der Waals surface area contributed by atoms with E-state index < -0.39 is 60.2 Å². The van der Waals surface area contributed by atoms with Gasteiger partial charge < -0.3 is 41.9 Å². The van der Waals surface area contributed by atoms with Crippen molar-refractivity contribution in [3.05, 3.63) is 72.1 Å². The summed E-state index contributed by atoms with van der Waals surface area (Å²) < 4.78 is 0. The molecule has 0 spiro atoms. The van der Waals surface area contributed by atoms with Gasteiger partial charge in [0.25, 0.3) is 0 Å². The predicted octanol–water partition coefficient (Wildman–Crippen LogP) is 0.795. The van der Waals surface area contributed by atoms with Crippen LogP contribution in [-0.4, -0.2) is 74.0 Å². The minimum atomic E-state index is -1.41. The molecule has 0 saturated heterocycles. The molecule has 2 aromatic heterocycles. The highest BCUT2D eigenvalue weighted by molar-refractivity contribution is 5.96. The quantitative estimate of drug-likeness (QED) is 0.113. The highest BCUT2D eigenvalue weighted by atomic mass is 16.4. The lowest BCUT2D eigenvalue weighted by atomic mass is 10.0. The average Bonchev–Trinajstić information content (AvgIpc) is 3.55. The van der Waals surface area contributed by atoms with Crippen molar-refractivity contribution in [2.24, 2.45) is 5.73 Å². The molecule has 4 unspecified atom stereocenters. The Hall–Kier alpha value is -5.17. The molecule has 0 aliphatic carbocycles. The Morgan fingerprint density at radius 2 is 1.19 bits per heavy atom. The summed E-state index contributed by atoms with van der Waals surface area (Å²) in [5.41, 5.74) is 8.76. The summed E-state index contributed by atoms with van der Waals surface area (Å²) in [6.07, 6.45) is 2.76. The number of H-pyrrole nitrogens is 2. The number of benzene rings is 2. The summed E-state index contributed by atoms with van der Waals surface area (Å²) in [5.74, 6) is -4.85. The fourth-order valence-corrected chi connectivity index (χ4v) is 4.67. The number of nitrogens with one attached hydrogen (secondary N) is 5. The molecule has 0 radical (unpaired) electrons. The standard InChI is InChI=1S/C29H32N6O7/c1-15(29(41)42)33-27(39)23(10-16-13-31-21-8-4-2-6-18(16)21)35-28(40)24(34-26(38)20(30)12-25(36)37)11-17-14-32-22-9-5-3-7-19(17)22/h2-9,13-15,20,23-24,31-32H,10-12,30H2,1H3,(H,33,39)(H,34,38)(H,35,40)(H,36,37)(H,41,42). The monoisotopic (exact) mass is 576 g/mol. The molecule has 42 heavy (non-hydrogen) atoms. The third-order valence-corrected chi connectivity index (χ3v) is 6.92. The Kier molecular flexibility index (Phi) is 9.22. The zero-order chi connectivity index (χ0) is 30.4. The second-order valence-electron chi connectivity index (χ2n) is 10.0. The van der Waals surface area contributed by atoms with Crippen molar-refractivity contribution >= 4 is 51.5 Å². The molecule has 2 heterocycles. The summed E-state index contributed by atoms with van der Waals surface area (Å²) in [5, 5.41) is 27.6. The molecule has 0 fully saturated rings. The van der Waals surface area contributed by atoms with Crippen molar-refractivity contribution in [1.29, 1.82) is 0 Å². The van der Waals surface area contributed by atoms with Crippen molar-refractivity contribution in [2.45, 2.75) is 50.4 Å². The maximum Gasteiger partial charge on any atom is 0.325 e. The molecule has 13 nitrogen and oxygen atoms in total. The number of amides is 3. The van der Waals surface area contributed by atoms with Gasteiger partial charge in [-0.05, 0) is 30.2 Å². The van der Waals surface area contributed by atoms with E-state index in [-0.39, 0.29) is 12.8 Å². The Balaban J connectivity index is 1.62. The van der Waals surface area contributed by atoms with E-state index in [0.717, 1.165) is 21.8 Å². The molecule has 4 aromatic rings. The number of carboxylic acid groups (broad SMARTS) is 2. The van der Waals surface area contributed by atoms with Gasteiger partial charge in [-0.15, -0.1) is 0 Å². The smallest absolute Gasteiger partial charge is 0.325 e. The molecular formula is C29H32N6O7. The summed E-state index contributed by atoms with van der Waals surface area (Å²) in [4.78, 5) is 68.5. The largest absolute Gasteiger partial charge is 0.481 e. The number of carbonyl (C=O) groups is 5. The number of para-hydroxylation sites is 2. The lowest BCUT2D eigenvalue weighted by Gasteiger charge is -2.24. The summed E-state index contributed by atoms with van der Waals surface area (Å²) in [6, 6.07) is 9.62. The summed E-state index contributed by atoms with van der Waals surface area (Å²) in [7, 11) is 0. The number of fused-ring (bicyclic) bond motifs is 2. The molecular weight excluding hydrogens is 544 g/mol. The topological polar surface area (TPSA) is 219 Å². The minimum absolute atomic E-state index is 0.00562. The van der Waals surface area contributed by atoms with Crippen molar-refractivity contribution in [1.82, 2.24) is 25.9 Å². The van der Waals surface area contributed by atoms with Crippen LogP contribution in [0.25, 0.3) is 21.8 Å². The van der Waals surface area contributed by atoms with Crippen molar-refractivity contribution in [3.8, 4) is 0 Å². The maximum absolute atomic E-state index is 13.7. The maximum atomic E-state index is 13.7. The average molecular weight is 577 g/mol. The highest BCUT2D eigenvalue weighted by Crippen LogP contribution is 2.21. The van der Waals surface area contributed by atoms with Crippen molar-refractivity contribution in [2.75, 3.05) is 0 Å². The predicted molar refractivity (Wildman–Crippen MR) is 153 cm³/mol. The molecule has 0 aliphatic rings. The minimum Gasteiger partial charge on any atom is -0.481 e. The van der Waals surface area contributed by atoms with E-state index in [1.165, 1.54) is 6.92 Å². The number of aliphatic carboxylic acids is 2. The van der Waals surface area contributed by atoms with Gasteiger partial charge in [-0.2, -0.15) is 0 Å². The molecule has 220 valence electrons. The van der Waals surface area contributed by atoms with Crippen LogP contribution in [0.4, 0.5) is 0 Å². The number of rotatable bonds is 13. The van der Waals surface area contributed by atoms with Crippen LogP contribution in [0.5, 0.6) is 0 Å². The molecule has 4 rings (SSSR count). The number of aromatic nitrogens is 2. The van der Waals surface area contributed by atoms with E-state index in [2.05, 4.69) is 25.9 Å². The van der Waals surface area contributed by atoms with Gasteiger partial charge in [0.1, 0.15) is 18.1 Å². The fourth-order valence-electron chi connectivity index (χ4n) is 4.67. The molecule has 3 amide bonds. The van der Waals surface area contributed by atoms with Crippen molar-refractivity contribution in [3.63, 3.8) is 0 Å². The third kappa shape index (κ3) is 7.12. The van der Waals surface area contributed by atoms with Crippen LogP contribution in [0.1, 0.15) is 24.5 Å². The second-order valence-corrected chi connectivity index (χ2v) is 10.0. The van der Waals surface area contributed by atoms with Gasteiger partial charge in [0.2, 0.25) is 17.7 Å². The highest BCUT2D eigenvalue weighted by Gasteiger charge is 2.31. The number of nitrogens with two attached hydrogens (primary N) is 1. The number of aromatic amines is 2. The van der Waals surface area contributed by atoms with E-state index in [9.17, 15) is 29.1 Å². The van der Waals surface area contributed by atoms with E-state index in [1.54, 1.807) is 12.4 Å². The first kappa shape index (κ1) is 29.8. The van der Waals surface area contributed by atoms with Gasteiger partial charge in [-0.25, -0.2) is 0 Å². The van der Waals surface area contributed by atoms with Crippen LogP contribution in [0.15, 0.2) is 60.9 Å². The van der Waals surface area contributed by atoms with Crippen LogP contribution in [0.3, 0.4) is 0 Å². The Morgan fingerprint density at radius 1 is 0.738 bits per heavy atom. The molecule has 0 bridgehead atoms. The van der Waals surface area contributed by atoms with Crippen LogP contribution in [0, 0.1) is 0 Å². The SMILES string of the molecule is CC(NC(=O)C(Cc1c[nH]c2ccccc12)NC(=O)C(Cc1c[nH]c2ccccc12)NC(=O)C(N)CC(=O)O)C(=O)O. The van der Waals surface area contributed by atoms with E-state index >= 15 is 0 Å². The van der Waals surface area contributed by atoms with Crippen LogP contribution < -0.4 is 21.7 Å². The molecule has 2 aromatic carbocycles. The zero-order valence-electron chi connectivity index (χ0n) is 22.7. The summed E-state index contributed by atoms with van der Waals surface area (Å²) >= 11 is 0. The fraction of sp³-hybridized carbons (Fsp3) is 0.276. The lowest BCUT2D eigenvalue weighted by Crippen LogP contribution is -2.58. The van der Waals surface area contributed by atoms with Gasteiger partial charge in [0, 0.05) is 47.0 Å². The van der Waals surface area contributed by atoms with E-state index in [4.69, 9.17) is 10.8 Å². The number of hydrogen-bond donors (Lipinski definition) is 8. The summed E-state index contributed by atoms with van der Waals surface area (Å²) in [6.45, 7) is 1.30. The van der Waals surface area contributed by atoms with Gasteiger partial charge in [-0.3, -0.25) is 24.0 Å². The van der Waals surface area contributed by atoms with Crippen LogP contribution >= 0.6 is 0 Å². The lowest BCUT2D eigenvalue weighted by molar-refractivity contribution is -0.141. The van der Waals surface area contributed by atoms with E-state index in [0.29, 0.717) is 11.1 Å². The number of hydrogen-bond acceptors (Lipinski definition) is 6. The first-order chi connectivity index (χ1) is 20.0. The van der Waals surface area contributed by atoms with Gasteiger partial charge in [-0.1, -0.05) is 36.4 Å². The first-order valence-corrected chi connectivity index (χ1v) is 13.2. The van der Waals surface area contributed by atoms with Crippen LogP contribution in [0.2, 0.25) is 0 Å². The van der Waals surface area contributed by atoms with E-state index in [1.807, 2.05) is 48.5 Å². The molecule has 0 aliphatic heterocycles. The van der Waals surface area contributed by atoms with Crippen LogP contribution in [-0.2, 0) is 36.8 Å². The van der Waals surface area contributed by atoms with Gasteiger partial charge in [0.15, 0.2) is 0 Å². The Bertz CT molecular complexity index is 1630. The Morgan fingerprint density at radius 3 is 1.67 bits per heavy atom. The molecule has 0 saturated carbocycles. The van der Waals surface area contributed by atoms with Crippen molar-refractivity contribution < 1.29 is 34.2 Å². The van der Waals surface area contributed by atoms with Gasteiger partial charge in [0.05, 0.1) is 12.5 Å². The molecule has 9 N–H and O–H groups in total. The third-order valence-electron chi connectivity index (χ3n) is 6.92. The second kappa shape index (κ2) is 13.0. The number of carbonyl (C=O) groups excluding carboxylic acids is 3. The number of carboxylic acids is 2. The zero-order valence-corrected chi connectivity index (χ0v) is 22.7. The first-order valence-electron chi connectivity index (χ1n) is 13.2. The molecule has 13 heteroatoms. The Labute approximate surface area is 239 Å². The van der Waals surface area contributed by atoms with Gasteiger partial charge >= 0.3 is 11.9 Å².